The highest BCUT2D eigenvalue weighted by molar-refractivity contribution is 7.91. The van der Waals surface area contributed by atoms with Gasteiger partial charge in [0.15, 0.2) is 0 Å². The van der Waals surface area contributed by atoms with Gasteiger partial charge in [0.1, 0.15) is 4.21 Å². The van der Waals surface area contributed by atoms with Crippen LogP contribution in [0.3, 0.4) is 0 Å². The lowest BCUT2D eigenvalue weighted by atomic mass is 10.3. The van der Waals surface area contributed by atoms with Crippen molar-refractivity contribution in [2.75, 3.05) is 6.54 Å². The highest BCUT2D eigenvalue weighted by Crippen LogP contribution is 2.20. The molecule has 114 valence electrons. The summed E-state index contributed by atoms with van der Waals surface area (Å²) in [5, 5.41) is 10.1. The molecule has 0 saturated carbocycles. The molecular weight excluding hydrogens is 314 g/mol. The van der Waals surface area contributed by atoms with Crippen LogP contribution >= 0.6 is 11.3 Å². The largest absolute Gasteiger partial charge is 0.478 e. The Bertz CT molecular complexity index is 692. The summed E-state index contributed by atoms with van der Waals surface area (Å²) in [4.78, 5) is 14.7. The molecule has 0 aliphatic rings. The molecule has 0 bridgehead atoms. The molecule has 0 fully saturated rings. The van der Waals surface area contributed by atoms with Crippen LogP contribution in [0.4, 0.5) is 0 Å². The van der Waals surface area contributed by atoms with Crippen molar-refractivity contribution in [2.24, 2.45) is 0 Å². The summed E-state index contributed by atoms with van der Waals surface area (Å²) >= 11 is 0.903. The SMILES string of the molecule is O=C(O)c1csc(S(=O)(=O)NCCCCn2ccnc2)c1. The van der Waals surface area contributed by atoms with E-state index in [1.54, 1.807) is 12.5 Å². The summed E-state index contributed by atoms with van der Waals surface area (Å²) in [5.41, 5.74) is -0.0134. The van der Waals surface area contributed by atoms with Crippen molar-refractivity contribution in [1.29, 1.82) is 0 Å². The van der Waals surface area contributed by atoms with Crippen molar-refractivity contribution in [3.05, 3.63) is 35.7 Å². The van der Waals surface area contributed by atoms with Gasteiger partial charge >= 0.3 is 5.97 Å². The lowest BCUT2D eigenvalue weighted by Gasteiger charge is -2.05. The number of carboxylic acid groups (broad SMARTS) is 1. The fraction of sp³-hybridized carbons (Fsp3) is 0.333. The first-order chi connectivity index (χ1) is 9.99. The smallest absolute Gasteiger partial charge is 0.336 e. The molecule has 2 heterocycles. The van der Waals surface area contributed by atoms with E-state index in [4.69, 9.17) is 5.11 Å². The van der Waals surface area contributed by atoms with E-state index >= 15 is 0 Å². The number of aromatic nitrogens is 2. The highest BCUT2D eigenvalue weighted by Gasteiger charge is 2.18. The quantitative estimate of drug-likeness (QED) is 0.713. The van der Waals surface area contributed by atoms with Gasteiger partial charge in [0.25, 0.3) is 0 Å². The number of unbranched alkanes of at least 4 members (excludes halogenated alkanes) is 1. The van der Waals surface area contributed by atoms with Crippen molar-refractivity contribution in [1.82, 2.24) is 14.3 Å². The lowest BCUT2D eigenvalue weighted by Crippen LogP contribution is -2.24. The van der Waals surface area contributed by atoms with E-state index < -0.39 is 16.0 Å². The maximum absolute atomic E-state index is 12.0. The molecule has 0 aliphatic heterocycles. The van der Waals surface area contributed by atoms with Crippen LogP contribution in [0.2, 0.25) is 0 Å². The molecular formula is C12H15N3O4S2. The van der Waals surface area contributed by atoms with E-state index in [1.165, 1.54) is 11.4 Å². The maximum atomic E-state index is 12.0. The van der Waals surface area contributed by atoms with Crippen LogP contribution in [0.25, 0.3) is 0 Å². The maximum Gasteiger partial charge on any atom is 0.336 e. The number of nitrogens with one attached hydrogen (secondary N) is 1. The van der Waals surface area contributed by atoms with Crippen LogP contribution in [-0.2, 0) is 16.6 Å². The van der Waals surface area contributed by atoms with Gasteiger partial charge in [0.2, 0.25) is 10.0 Å². The lowest BCUT2D eigenvalue weighted by molar-refractivity contribution is 0.0697. The number of aromatic carboxylic acids is 1. The minimum atomic E-state index is -3.62. The molecule has 0 radical (unpaired) electrons. The molecule has 21 heavy (non-hydrogen) atoms. The molecule has 0 unspecified atom stereocenters. The average molecular weight is 329 g/mol. The van der Waals surface area contributed by atoms with Gasteiger partial charge in [-0.05, 0) is 18.9 Å². The first-order valence-electron chi connectivity index (χ1n) is 6.26. The Morgan fingerprint density at radius 2 is 2.24 bits per heavy atom. The van der Waals surface area contributed by atoms with Gasteiger partial charge in [-0.2, -0.15) is 0 Å². The minimum Gasteiger partial charge on any atom is -0.478 e. The standard InChI is InChI=1S/C12H15N3O4S2/c16-12(17)10-7-11(20-8-10)21(18,19)14-3-1-2-5-15-6-4-13-9-15/h4,6-9,14H,1-3,5H2,(H,16,17). The van der Waals surface area contributed by atoms with Crippen molar-refractivity contribution in [2.45, 2.75) is 23.6 Å². The molecule has 2 aromatic rings. The van der Waals surface area contributed by atoms with Crippen LogP contribution < -0.4 is 4.72 Å². The zero-order chi connectivity index (χ0) is 15.3. The fourth-order valence-corrected chi connectivity index (χ4v) is 3.96. The summed E-state index contributed by atoms with van der Waals surface area (Å²) in [5.74, 6) is -1.13. The molecule has 0 saturated heterocycles. The summed E-state index contributed by atoms with van der Waals surface area (Å²) in [7, 11) is -3.62. The Labute approximate surface area is 126 Å². The van der Waals surface area contributed by atoms with E-state index in [0.717, 1.165) is 24.3 Å². The van der Waals surface area contributed by atoms with Crippen LogP contribution in [0, 0.1) is 0 Å². The number of carbonyl (C=O) groups is 1. The van der Waals surface area contributed by atoms with Gasteiger partial charge in [-0.3, -0.25) is 0 Å². The molecule has 0 aliphatic carbocycles. The molecule has 2 N–H and O–H groups in total. The predicted molar refractivity (Wildman–Crippen MR) is 77.9 cm³/mol. The molecule has 0 atom stereocenters. The zero-order valence-electron chi connectivity index (χ0n) is 11.1. The second kappa shape index (κ2) is 6.83. The molecule has 9 heteroatoms. The molecule has 7 nitrogen and oxygen atoms in total. The number of rotatable bonds is 8. The van der Waals surface area contributed by atoms with Gasteiger partial charge < -0.3 is 9.67 Å². The Balaban J connectivity index is 1.79. The first-order valence-corrected chi connectivity index (χ1v) is 8.62. The molecule has 2 rings (SSSR count). The Hall–Kier alpha value is -1.71. The minimum absolute atomic E-state index is 0.0134. The van der Waals surface area contributed by atoms with Gasteiger partial charge in [0.05, 0.1) is 11.9 Å². The second-order valence-corrected chi connectivity index (χ2v) is 7.27. The predicted octanol–water partition coefficient (Wildman–Crippen LogP) is 1.40. The number of carboxylic acids is 1. The second-order valence-electron chi connectivity index (χ2n) is 4.36. The number of hydrogen-bond donors (Lipinski definition) is 2. The monoisotopic (exact) mass is 329 g/mol. The van der Waals surface area contributed by atoms with Gasteiger partial charge in [-0.1, -0.05) is 0 Å². The van der Waals surface area contributed by atoms with Crippen molar-refractivity contribution in [3.63, 3.8) is 0 Å². The van der Waals surface area contributed by atoms with Crippen LogP contribution in [0.5, 0.6) is 0 Å². The highest BCUT2D eigenvalue weighted by atomic mass is 32.2. The van der Waals surface area contributed by atoms with Crippen molar-refractivity contribution >= 4 is 27.3 Å². The number of thiophene rings is 1. The fourth-order valence-electron chi connectivity index (χ4n) is 1.69. The number of imidazole rings is 1. The van der Waals surface area contributed by atoms with Crippen LogP contribution in [0.1, 0.15) is 23.2 Å². The zero-order valence-corrected chi connectivity index (χ0v) is 12.7. The summed E-state index contributed by atoms with van der Waals surface area (Å²) in [6, 6.07) is 1.17. The normalized spacial score (nSPS) is 11.6. The van der Waals surface area contributed by atoms with E-state index in [1.807, 2.05) is 10.8 Å². The molecule has 0 amide bonds. The summed E-state index contributed by atoms with van der Waals surface area (Å²) < 4.78 is 28.3. The van der Waals surface area contributed by atoms with Gasteiger partial charge in [-0.15, -0.1) is 11.3 Å². The van der Waals surface area contributed by atoms with Crippen molar-refractivity contribution < 1.29 is 18.3 Å². The molecule has 0 aromatic carbocycles. The molecule has 2 aromatic heterocycles. The Morgan fingerprint density at radius 3 is 2.86 bits per heavy atom. The van der Waals surface area contributed by atoms with Crippen LogP contribution in [0.15, 0.2) is 34.4 Å². The number of nitrogens with zero attached hydrogens (tertiary/aromatic N) is 2. The number of hydrogen-bond acceptors (Lipinski definition) is 5. The number of sulfonamides is 1. The third-order valence-electron chi connectivity index (χ3n) is 2.78. The topological polar surface area (TPSA) is 101 Å². The van der Waals surface area contributed by atoms with E-state index in [9.17, 15) is 13.2 Å². The number of aryl methyl sites for hydroxylation is 1. The van der Waals surface area contributed by atoms with Crippen molar-refractivity contribution in [3.8, 4) is 0 Å². The summed E-state index contributed by atoms with van der Waals surface area (Å²) in [6.07, 6.45) is 6.77. The van der Waals surface area contributed by atoms with Gasteiger partial charge in [0, 0.05) is 30.9 Å². The summed E-state index contributed by atoms with van der Waals surface area (Å²) in [6.45, 7) is 1.10. The Kier molecular flexibility index (Phi) is 5.10. The third-order valence-corrected chi connectivity index (χ3v) is 5.68. The van der Waals surface area contributed by atoms with E-state index in [-0.39, 0.29) is 9.77 Å². The average Bonchev–Trinajstić information content (AvgIpc) is 3.09. The molecule has 0 spiro atoms. The van der Waals surface area contributed by atoms with Gasteiger partial charge in [-0.25, -0.2) is 22.9 Å². The third kappa shape index (κ3) is 4.38. The Morgan fingerprint density at radius 1 is 1.43 bits per heavy atom. The van der Waals surface area contributed by atoms with E-state index in [2.05, 4.69) is 9.71 Å². The van der Waals surface area contributed by atoms with Crippen LogP contribution in [-0.4, -0.2) is 35.6 Å². The van der Waals surface area contributed by atoms with E-state index in [0.29, 0.717) is 13.0 Å². The first kappa shape index (κ1) is 15.7.